The number of nitrogens with two attached hydrogens (primary N) is 1. The summed E-state index contributed by atoms with van der Waals surface area (Å²) in [5.41, 5.74) is 6.72. The van der Waals surface area contributed by atoms with E-state index in [4.69, 9.17) is 10.2 Å². The topological polar surface area (TPSA) is 78.1 Å². The van der Waals surface area contributed by atoms with E-state index in [1.165, 1.54) is 12.7 Å². The lowest BCUT2D eigenvalue weighted by Gasteiger charge is -1.90. The minimum atomic E-state index is 0.332. The van der Waals surface area contributed by atoms with Gasteiger partial charge in [-0.15, -0.1) is 0 Å². The zero-order valence-corrected chi connectivity index (χ0v) is 6.23. The molecule has 12 heavy (non-hydrogen) atoms. The van der Waals surface area contributed by atoms with Gasteiger partial charge in [0.1, 0.15) is 12.0 Å². The third-order valence-electron chi connectivity index (χ3n) is 1.51. The minimum Gasteiger partial charge on any atom is -0.441 e. The lowest BCUT2D eigenvalue weighted by atomic mass is 10.3. The molecule has 2 aromatic rings. The summed E-state index contributed by atoms with van der Waals surface area (Å²) in [6, 6.07) is 1.69. The Morgan fingerprint density at radius 1 is 1.50 bits per heavy atom. The van der Waals surface area contributed by atoms with E-state index in [-0.39, 0.29) is 0 Å². The van der Waals surface area contributed by atoms with Crippen molar-refractivity contribution in [1.29, 1.82) is 0 Å². The van der Waals surface area contributed by atoms with Gasteiger partial charge < -0.3 is 14.7 Å². The van der Waals surface area contributed by atoms with Crippen LogP contribution >= 0.6 is 0 Å². The van der Waals surface area contributed by atoms with Crippen LogP contribution in [0.5, 0.6) is 0 Å². The molecule has 5 heteroatoms. The van der Waals surface area contributed by atoms with Crippen LogP contribution in [0.1, 0.15) is 5.69 Å². The lowest BCUT2D eigenvalue weighted by Crippen LogP contribution is -1.97. The van der Waals surface area contributed by atoms with Crippen LogP contribution in [0.4, 0.5) is 0 Å². The fourth-order valence-electron chi connectivity index (χ4n) is 0.953. The van der Waals surface area contributed by atoms with E-state index >= 15 is 0 Å². The first kappa shape index (κ1) is 7.05. The maximum atomic E-state index is 5.42. The Balaban J connectivity index is 2.46. The number of hydrogen-bond acceptors (Lipinski definition) is 5. The second kappa shape index (κ2) is 2.78. The smallest absolute Gasteiger partial charge is 0.181 e. The Kier molecular flexibility index (Phi) is 1.64. The van der Waals surface area contributed by atoms with Crippen LogP contribution in [0.25, 0.3) is 11.5 Å². The molecule has 0 aromatic carbocycles. The molecule has 2 N–H and O–H groups in total. The van der Waals surface area contributed by atoms with E-state index in [1.807, 2.05) is 0 Å². The second-order valence-electron chi connectivity index (χ2n) is 2.22. The van der Waals surface area contributed by atoms with E-state index < -0.39 is 0 Å². The Labute approximate surface area is 68.2 Å². The van der Waals surface area contributed by atoms with Gasteiger partial charge in [-0.2, -0.15) is 0 Å². The molecule has 0 saturated carbocycles. The van der Waals surface area contributed by atoms with Crippen molar-refractivity contribution < 1.29 is 8.94 Å². The molecular formula is C7H7N3O2. The van der Waals surface area contributed by atoms with Gasteiger partial charge in [0.2, 0.25) is 0 Å². The van der Waals surface area contributed by atoms with E-state index in [1.54, 1.807) is 6.07 Å². The summed E-state index contributed by atoms with van der Waals surface area (Å²) in [5.74, 6) is 0.575. The average molecular weight is 165 g/mol. The van der Waals surface area contributed by atoms with Crippen LogP contribution in [0.2, 0.25) is 0 Å². The molecular weight excluding hydrogens is 158 g/mol. The van der Waals surface area contributed by atoms with Crippen molar-refractivity contribution in [2.24, 2.45) is 5.73 Å². The highest BCUT2D eigenvalue weighted by atomic mass is 16.5. The average Bonchev–Trinajstić information content (AvgIpc) is 2.74. The number of hydrogen-bond donors (Lipinski definition) is 1. The molecule has 0 bridgehead atoms. The molecule has 0 aliphatic heterocycles. The first-order valence-corrected chi connectivity index (χ1v) is 3.45. The highest BCUT2D eigenvalue weighted by molar-refractivity contribution is 5.53. The van der Waals surface area contributed by atoms with Crippen molar-refractivity contribution in [3.05, 3.63) is 24.4 Å². The lowest BCUT2D eigenvalue weighted by molar-refractivity contribution is 0.419. The summed E-state index contributed by atoms with van der Waals surface area (Å²) < 4.78 is 9.75. The maximum absolute atomic E-state index is 5.42. The summed E-state index contributed by atoms with van der Waals surface area (Å²) in [6.45, 7) is 0.332. The highest BCUT2D eigenvalue weighted by Gasteiger charge is 2.11. The SMILES string of the molecule is NCc1ncoc1-c1ccon1. The molecule has 0 saturated heterocycles. The molecule has 0 atom stereocenters. The predicted octanol–water partition coefficient (Wildman–Crippen LogP) is 0.788. The number of rotatable bonds is 2. The van der Waals surface area contributed by atoms with Crippen molar-refractivity contribution in [1.82, 2.24) is 10.1 Å². The molecule has 62 valence electrons. The maximum Gasteiger partial charge on any atom is 0.181 e. The normalized spacial score (nSPS) is 10.4. The summed E-state index contributed by atoms with van der Waals surface area (Å²) in [6.07, 6.45) is 2.81. The fourth-order valence-corrected chi connectivity index (χ4v) is 0.953. The third-order valence-corrected chi connectivity index (χ3v) is 1.51. The molecule has 2 rings (SSSR count). The van der Waals surface area contributed by atoms with Crippen LogP contribution in [-0.4, -0.2) is 10.1 Å². The van der Waals surface area contributed by atoms with Crippen molar-refractivity contribution in [3.8, 4) is 11.5 Å². The molecule has 0 fully saturated rings. The zero-order valence-electron chi connectivity index (χ0n) is 6.23. The quantitative estimate of drug-likeness (QED) is 0.711. The van der Waals surface area contributed by atoms with Gasteiger partial charge in [0.25, 0.3) is 0 Å². The van der Waals surface area contributed by atoms with Gasteiger partial charge in [-0.1, -0.05) is 5.16 Å². The van der Waals surface area contributed by atoms with Crippen molar-refractivity contribution in [2.45, 2.75) is 6.54 Å². The van der Waals surface area contributed by atoms with Gasteiger partial charge in [-0.05, 0) is 0 Å². The number of nitrogens with zero attached hydrogens (tertiary/aromatic N) is 2. The molecule has 0 aliphatic rings. The summed E-state index contributed by atoms with van der Waals surface area (Å²) in [5, 5.41) is 3.70. The van der Waals surface area contributed by atoms with Gasteiger partial charge >= 0.3 is 0 Å². The molecule has 2 heterocycles. The molecule has 0 amide bonds. The van der Waals surface area contributed by atoms with Crippen LogP contribution in [0, 0.1) is 0 Å². The van der Waals surface area contributed by atoms with Crippen LogP contribution in [0.15, 0.2) is 27.7 Å². The Morgan fingerprint density at radius 2 is 2.42 bits per heavy atom. The molecule has 0 aliphatic carbocycles. The second-order valence-corrected chi connectivity index (χ2v) is 2.22. The summed E-state index contributed by atoms with van der Waals surface area (Å²) in [4.78, 5) is 3.92. The minimum absolute atomic E-state index is 0.332. The van der Waals surface area contributed by atoms with Gasteiger partial charge in [-0.25, -0.2) is 4.98 Å². The Hall–Kier alpha value is -1.62. The summed E-state index contributed by atoms with van der Waals surface area (Å²) in [7, 11) is 0. The van der Waals surface area contributed by atoms with E-state index in [0.717, 1.165) is 0 Å². The molecule has 2 aromatic heterocycles. The standard InChI is InChI=1S/C7H7N3O2/c8-3-6-7(11-4-9-6)5-1-2-12-10-5/h1-2,4H,3,8H2. The third kappa shape index (κ3) is 0.998. The monoisotopic (exact) mass is 165 g/mol. The van der Waals surface area contributed by atoms with Gasteiger partial charge in [-0.3, -0.25) is 0 Å². The molecule has 0 unspecified atom stereocenters. The largest absolute Gasteiger partial charge is 0.441 e. The predicted molar refractivity (Wildman–Crippen MR) is 39.9 cm³/mol. The first-order chi connectivity index (χ1) is 5.92. The van der Waals surface area contributed by atoms with E-state index in [9.17, 15) is 0 Å². The Morgan fingerprint density at radius 3 is 3.08 bits per heavy atom. The highest BCUT2D eigenvalue weighted by Crippen LogP contribution is 2.19. The van der Waals surface area contributed by atoms with Crippen molar-refractivity contribution in [2.75, 3.05) is 0 Å². The first-order valence-electron chi connectivity index (χ1n) is 3.45. The zero-order chi connectivity index (χ0) is 8.39. The van der Waals surface area contributed by atoms with E-state index in [2.05, 4.69) is 14.7 Å². The van der Waals surface area contributed by atoms with Gasteiger partial charge in [0.15, 0.2) is 17.8 Å². The van der Waals surface area contributed by atoms with Gasteiger partial charge in [0.05, 0.1) is 0 Å². The van der Waals surface area contributed by atoms with E-state index in [0.29, 0.717) is 23.7 Å². The number of aromatic nitrogens is 2. The van der Waals surface area contributed by atoms with Crippen molar-refractivity contribution in [3.63, 3.8) is 0 Å². The van der Waals surface area contributed by atoms with Crippen molar-refractivity contribution >= 4 is 0 Å². The molecule has 5 nitrogen and oxygen atoms in total. The van der Waals surface area contributed by atoms with Crippen LogP contribution in [-0.2, 0) is 6.54 Å². The van der Waals surface area contributed by atoms with Crippen LogP contribution in [0.3, 0.4) is 0 Å². The molecule has 0 radical (unpaired) electrons. The summed E-state index contributed by atoms with van der Waals surface area (Å²) >= 11 is 0. The molecule has 0 spiro atoms. The Bertz CT molecular complexity index is 352. The van der Waals surface area contributed by atoms with Crippen LogP contribution < -0.4 is 5.73 Å². The number of oxazole rings is 1. The van der Waals surface area contributed by atoms with Gasteiger partial charge in [0, 0.05) is 12.6 Å². The fraction of sp³-hybridized carbons (Fsp3) is 0.143.